The highest BCUT2D eigenvalue weighted by Gasteiger charge is 2.38. The van der Waals surface area contributed by atoms with E-state index in [1.165, 1.54) is 12.0 Å². The number of ether oxygens (including phenoxy) is 1. The average Bonchev–Trinajstić information content (AvgIpc) is 2.81. The van der Waals surface area contributed by atoms with Crippen LogP contribution in [0.5, 0.6) is 5.75 Å². The Labute approximate surface area is 108 Å². The second-order valence-corrected chi connectivity index (χ2v) is 6.52. The first-order chi connectivity index (χ1) is 8.15. The average molecular weight is 251 g/mol. The molecule has 0 saturated heterocycles. The minimum Gasteiger partial charge on any atom is -0.490 e. The number of alkyl halides is 1. The van der Waals surface area contributed by atoms with Crippen LogP contribution in [-0.4, -0.2) is 11.5 Å². The molecule has 0 spiro atoms. The molecule has 3 unspecified atom stereocenters. The molecular weight excluding hydrogens is 232 g/mol. The van der Waals surface area contributed by atoms with E-state index in [1.807, 2.05) is 6.07 Å². The van der Waals surface area contributed by atoms with E-state index in [1.54, 1.807) is 0 Å². The van der Waals surface area contributed by atoms with Crippen LogP contribution in [0.1, 0.15) is 38.2 Å². The predicted octanol–water partition coefficient (Wildman–Crippen LogP) is 4.18. The summed E-state index contributed by atoms with van der Waals surface area (Å²) in [5.41, 5.74) is 1.75. The van der Waals surface area contributed by atoms with Gasteiger partial charge in [0.1, 0.15) is 11.9 Å². The summed E-state index contributed by atoms with van der Waals surface area (Å²) in [6.07, 6.45) is 6.13. The third kappa shape index (κ3) is 2.30. The summed E-state index contributed by atoms with van der Waals surface area (Å²) < 4.78 is 6.03. The summed E-state index contributed by atoms with van der Waals surface area (Å²) in [5, 5.41) is 0.378. The molecule has 92 valence electrons. The monoisotopic (exact) mass is 250 g/mol. The molecule has 2 aliphatic rings. The van der Waals surface area contributed by atoms with Crippen molar-refractivity contribution in [1.29, 1.82) is 0 Å². The van der Waals surface area contributed by atoms with Crippen LogP contribution < -0.4 is 4.74 Å². The molecule has 1 nitrogen and oxygen atoms in total. The molecular formula is C15H19ClO. The standard InChI is InChI=1S/C15H19ClO/c1-15(7-6-12(16)9-15)10-13-8-11-4-2-3-5-14(11)17-13/h2-5,12-13H,6-10H2,1H3. The van der Waals surface area contributed by atoms with E-state index in [0.29, 0.717) is 16.9 Å². The van der Waals surface area contributed by atoms with Gasteiger partial charge in [0.05, 0.1) is 0 Å². The van der Waals surface area contributed by atoms with Crippen molar-refractivity contribution in [3.8, 4) is 5.75 Å². The Kier molecular flexibility index (Phi) is 2.82. The number of hydrogen-bond acceptors (Lipinski definition) is 1. The summed E-state index contributed by atoms with van der Waals surface area (Å²) in [6.45, 7) is 2.36. The molecule has 1 aliphatic carbocycles. The zero-order chi connectivity index (χ0) is 11.9. The SMILES string of the molecule is CC1(CC2Cc3ccccc3O2)CCC(Cl)C1. The lowest BCUT2D eigenvalue weighted by Crippen LogP contribution is -2.24. The lowest BCUT2D eigenvalue weighted by Gasteiger charge is -2.26. The van der Waals surface area contributed by atoms with Crippen LogP contribution in [0, 0.1) is 5.41 Å². The fourth-order valence-corrected chi connectivity index (χ4v) is 3.83. The van der Waals surface area contributed by atoms with Crippen molar-refractivity contribution in [2.24, 2.45) is 5.41 Å². The molecule has 1 aromatic carbocycles. The van der Waals surface area contributed by atoms with Crippen LogP contribution in [0.4, 0.5) is 0 Å². The Balaban J connectivity index is 1.66. The molecule has 1 saturated carbocycles. The molecule has 0 aromatic heterocycles. The van der Waals surface area contributed by atoms with E-state index in [2.05, 4.69) is 25.1 Å². The van der Waals surface area contributed by atoms with Gasteiger partial charge in [0.2, 0.25) is 0 Å². The summed E-state index contributed by atoms with van der Waals surface area (Å²) in [5.74, 6) is 1.08. The third-order valence-electron chi connectivity index (χ3n) is 4.21. The Morgan fingerprint density at radius 1 is 1.41 bits per heavy atom. The van der Waals surface area contributed by atoms with Gasteiger partial charge in [-0.25, -0.2) is 0 Å². The van der Waals surface area contributed by atoms with Crippen LogP contribution in [0.15, 0.2) is 24.3 Å². The van der Waals surface area contributed by atoms with Crippen LogP contribution >= 0.6 is 11.6 Å². The second-order valence-electron chi connectivity index (χ2n) is 5.91. The molecule has 1 heterocycles. The van der Waals surface area contributed by atoms with Crippen molar-refractivity contribution in [3.05, 3.63) is 29.8 Å². The Hall–Kier alpha value is -0.690. The van der Waals surface area contributed by atoms with Gasteiger partial charge in [-0.05, 0) is 42.7 Å². The molecule has 3 rings (SSSR count). The third-order valence-corrected chi connectivity index (χ3v) is 4.58. The van der Waals surface area contributed by atoms with Crippen molar-refractivity contribution in [2.45, 2.75) is 50.5 Å². The van der Waals surface area contributed by atoms with Gasteiger partial charge in [0.25, 0.3) is 0 Å². The maximum atomic E-state index is 6.23. The molecule has 0 amide bonds. The highest BCUT2D eigenvalue weighted by Crippen LogP contribution is 2.45. The number of hydrogen-bond donors (Lipinski definition) is 0. The van der Waals surface area contributed by atoms with Gasteiger partial charge in [0.15, 0.2) is 0 Å². The van der Waals surface area contributed by atoms with E-state index < -0.39 is 0 Å². The van der Waals surface area contributed by atoms with Crippen LogP contribution in [0.3, 0.4) is 0 Å². The normalized spacial score (nSPS) is 35.6. The molecule has 3 atom stereocenters. The van der Waals surface area contributed by atoms with Crippen molar-refractivity contribution < 1.29 is 4.74 Å². The van der Waals surface area contributed by atoms with Crippen LogP contribution in [0.25, 0.3) is 0 Å². The second kappa shape index (κ2) is 4.20. The first-order valence-electron chi connectivity index (χ1n) is 6.53. The van der Waals surface area contributed by atoms with E-state index in [-0.39, 0.29) is 0 Å². The maximum absolute atomic E-state index is 6.23. The lowest BCUT2D eigenvalue weighted by atomic mass is 9.82. The maximum Gasteiger partial charge on any atom is 0.123 e. The van der Waals surface area contributed by atoms with Gasteiger partial charge in [-0.3, -0.25) is 0 Å². The topological polar surface area (TPSA) is 9.23 Å². The highest BCUT2D eigenvalue weighted by molar-refractivity contribution is 6.20. The quantitative estimate of drug-likeness (QED) is 0.716. The number of halogens is 1. The minimum absolute atomic E-state index is 0.361. The van der Waals surface area contributed by atoms with E-state index >= 15 is 0 Å². The molecule has 0 N–H and O–H groups in total. The molecule has 1 aliphatic heterocycles. The lowest BCUT2D eigenvalue weighted by molar-refractivity contribution is 0.149. The molecule has 1 fully saturated rings. The van der Waals surface area contributed by atoms with E-state index in [4.69, 9.17) is 16.3 Å². The predicted molar refractivity (Wildman–Crippen MR) is 70.8 cm³/mol. The van der Waals surface area contributed by atoms with Gasteiger partial charge in [-0.15, -0.1) is 11.6 Å². The number of fused-ring (bicyclic) bond motifs is 1. The fourth-order valence-electron chi connectivity index (χ4n) is 3.35. The summed E-state index contributed by atoms with van der Waals surface area (Å²) in [6, 6.07) is 8.40. The molecule has 0 bridgehead atoms. The first kappa shape index (κ1) is 11.4. The van der Waals surface area contributed by atoms with Crippen molar-refractivity contribution in [1.82, 2.24) is 0 Å². The Morgan fingerprint density at radius 2 is 2.24 bits per heavy atom. The smallest absolute Gasteiger partial charge is 0.123 e. The molecule has 2 heteroatoms. The number of rotatable bonds is 2. The number of benzene rings is 1. The van der Waals surface area contributed by atoms with Gasteiger partial charge in [0, 0.05) is 11.8 Å². The van der Waals surface area contributed by atoms with E-state index in [0.717, 1.165) is 31.4 Å². The van der Waals surface area contributed by atoms with Crippen LogP contribution in [-0.2, 0) is 6.42 Å². The zero-order valence-electron chi connectivity index (χ0n) is 10.3. The largest absolute Gasteiger partial charge is 0.490 e. The number of para-hydroxylation sites is 1. The fraction of sp³-hybridized carbons (Fsp3) is 0.600. The summed E-state index contributed by atoms with van der Waals surface area (Å²) in [7, 11) is 0. The van der Waals surface area contributed by atoms with Crippen molar-refractivity contribution in [2.75, 3.05) is 0 Å². The first-order valence-corrected chi connectivity index (χ1v) is 6.97. The van der Waals surface area contributed by atoms with Crippen molar-refractivity contribution >= 4 is 11.6 Å². The molecule has 1 aromatic rings. The van der Waals surface area contributed by atoms with Gasteiger partial charge < -0.3 is 4.74 Å². The van der Waals surface area contributed by atoms with Gasteiger partial charge in [-0.2, -0.15) is 0 Å². The zero-order valence-corrected chi connectivity index (χ0v) is 11.0. The summed E-state index contributed by atoms with van der Waals surface area (Å²) in [4.78, 5) is 0. The Bertz CT molecular complexity index is 392. The van der Waals surface area contributed by atoms with Crippen LogP contribution in [0.2, 0.25) is 0 Å². The molecule has 0 radical (unpaired) electrons. The molecule has 17 heavy (non-hydrogen) atoms. The summed E-state index contributed by atoms with van der Waals surface area (Å²) >= 11 is 6.23. The van der Waals surface area contributed by atoms with Gasteiger partial charge in [-0.1, -0.05) is 25.1 Å². The highest BCUT2D eigenvalue weighted by atomic mass is 35.5. The van der Waals surface area contributed by atoms with E-state index in [9.17, 15) is 0 Å². The van der Waals surface area contributed by atoms with Crippen molar-refractivity contribution in [3.63, 3.8) is 0 Å². The Morgan fingerprint density at radius 3 is 2.94 bits per heavy atom. The van der Waals surface area contributed by atoms with Gasteiger partial charge >= 0.3 is 0 Å². The minimum atomic E-state index is 0.361.